The van der Waals surface area contributed by atoms with Crippen LogP contribution in [0.2, 0.25) is 0 Å². The molecule has 0 radical (unpaired) electrons. The van der Waals surface area contributed by atoms with E-state index in [-0.39, 0.29) is 0 Å². The molecule has 3 aromatic rings. The first-order valence-corrected chi connectivity index (χ1v) is 9.41. The van der Waals surface area contributed by atoms with Crippen molar-refractivity contribution in [3.8, 4) is 17.2 Å². The van der Waals surface area contributed by atoms with Crippen LogP contribution in [-0.2, 0) is 4.74 Å². The van der Waals surface area contributed by atoms with Gasteiger partial charge in [-0.05, 0) is 32.0 Å². The number of aromatic nitrogens is 4. The number of morpholine rings is 1. The Hall–Kier alpha value is -2.25. The topological polar surface area (TPSA) is 56.1 Å². The van der Waals surface area contributed by atoms with E-state index in [1.54, 1.807) is 0 Å². The van der Waals surface area contributed by atoms with Crippen LogP contribution in [-0.4, -0.2) is 46.1 Å². The molecule has 2 aromatic heterocycles. The lowest BCUT2D eigenvalue weighted by Crippen LogP contribution is -2.37. The van der Waals surface area contributed by atoms with Crippen LogP contribution < -0.4 is 4.90 Å². The van der Waals surface area contributed by atoms with Gasteiger partial charge in [0.1, 0.15) is 5.82 Å². The maximum atomic E-state index is 5.48. The number of hydrogen-bond donors (Lipinski definition) is 0. The van der Waals surface area contributed by atoms with Gasteiger partial charge in [-0.1, -0.05) is 28.1 Å². The van der Waals surface area contributed by atoms with Crippen molar-refractivity contribution in [2.24, 2.45) is 0 Å². The first kappa shape index (κ1) is 17.2. The Morgan fingerprint density at radius 2 is 1.65 bits per heavy atom. The quantitative estimate of drug-likeness (QED) is 0.656. The third-order valence-corrected chi connectivity index (χ3v) is 4.89. The van der Waals surface area contributed by atoms with Gasteiger partial charge in [0.25, 0.3) is 0 Å². The monoisotopic (exact) mass is 413 g/mol. The van der Waals surface area contributed by atoms with Crippen LogP contribution in [0.5, 0.6) is 0 Å². The lowest BCUT2D eigenvalue weighted by molar-refractivity contribution is 0.122. The fourth-order valence-corrected chi connectivity index (χ4v) is 3.34. The minimum Gasteiger partial charge on any atom is -0.378 e. The molecule has 0 N–H and O–H groups in total. The first-order chi connectivity index (χ1) is 12.6. The molecule has 3 heterocycles. The molecule has 0 amide bonds. The van der Waals surface area contributed by atoms with Gasteiger partial charge >= 0.3 is 0 Å². The summed E-state index contributed by atoms with van der Waals surface area (Å²) in [5, 5.41) is 4.59. The number of aryl methyl sites for hydroxylation is 2. The molecule has 26 heavy (non-hydrogen) atoms. The second-order valence-electron chi connectivity index (χ2n) is 6.35. The van der Waals surface area contributed by atoms with E-state index in [2.05, 4.69) is 32.0 Å². The molecule has 0 unspecified atom stereocenters. The molecule has 4 rings (SSSR count). The molecule has 0 spiro atoms. The van der Waals surface area contributed by atoms with Crippen LogP contribution >= 0.6 is 15.9 Å². The van der Waals surface area contributed by atoms with Crippen LogP contribution in [0.1, 0.15) is 11.4 Å². The number of ether oxygens (including phenoxy) is 1. The highest BCUT2D eigenvalue weighted by Gasteiger charge is 2.17. The molecule has 1 saturated heterocycles. The highest BCUT2D eigenvalue weighted by Crippen LogP contribution is 2.24. The minimum absolute atomic E-state index is 0.698. The second kappa shape index (κ2) is 7.17. The molecule has 0 aliphatic carbocycles. The number of halogens is 1. The normalized spacial score (nSPS) is 14.7. The summed E-state index contributed by atoms with van der Waals surface area (Å²) in [6.45, 7) is 7.11. The molecule has 0 saturated carbocycles. The molecule has 0 atom stereocenters. The van der Waals surface area contributed by atoms with Gasteiger partial charge in [0, 0.05) is 34.9 Å². The van der Waals surface area contributed by atoms with Crippen LogP contribution in [0, 0.1) is 13.8 Å². The van der Waals surface area contributed by atoms with Gasteiger partial charge in [0.05, 0.1) is 18.9 Å². The molecule has 1 aromatic carbocycles. The largest absolute Gasteiger partial charge is 0.378 e. The van der Waals surface area contributed by atoms with E-state index >= 15 is 0 Å². The molecule has 1 aliphatic heterocycles. The van der Waals surface area contributed by atoms with Crippen molar-refractivity contribution >= 4 is 21.7 Å². The van der Waals surface area contributed by atoms with E-state index in [1.165, 1.54) is 0 Å². The fraction of sp³-hybridized carbons (Fsp3) is 0.316. The standard InChI is InChI=1S/C19H20BrN5O/c1-13-11-14(2)25(23-13)18-12-17(24-7-9-26-10-8-24)21-19(22-18)15-3-5-16(20)6-4-15/h3-6,11-12H,7-10H2,1-2H3. The third kappa shape index (κ3) is 3.50. The summed E-state index contributed by atoms with van der Waals surface area (Å²) in [6, 6.07) is 12.1. The highest BCUT2D eigenvalue weighted by molar-refractivity contribution is 9.10. The Kier molecular flexibility index (Phi) is 4.74. The van der Waals surface area contributed by atoms with E-state index in [0.29, 0.717) is 19.0 Å². The Labute approximate surface area is 161 Å². The van der Waals surface area contributed by atoms with Crippen molar-refractivity contribution in [1.29, 1.82) is 0 Å². The molecule has 0 bridgehead atoms. The predicted molar refractivity (Wildman–Crippen MR) is 105 cm³/mol. The number of benzene rings is 1. The molecule has 7 heteroatoms. The summed E-state index contributed by atoms with van der Waals surface area (Å²) in [7, 11) is 0. The zero-order chi connectivity index (χ0) is 18.1. The molecule has 1 aliphatic rings. The smallest absolute Gasteiger partial charge is 0.163 e. The van der Waals surface area contributed by atoms with Crippen LogP contribution in [0.4, 0.5) is 5.82 Å². The average Bonchev–Trinajstić information content (AvgIpc) is 3.01. The lowest BCUT2D eigenvalue weighted by atomic mass is 10.2. The van der Waals surface area contributed by atoms with Crippen molar-refractivity contribution in [1.82, 2.24) is 19.7 Å². The summed E-state index contributed by atoms with van der Waals surface area (Å²) in [4.78, 5) is 11.8. The van der Waals surface area contributed by atoms with Crippen molar-refractivity contribution < 1.29 is 4.74 Å². The Bertz CT molecular complexity index is 916. The summed E-state index contributed by atoms with van der Waals surface area (Å²) in [5.74, 6) is 2.39. The lowest BCUT2D eigenvalue weighted by Gasteiger charge is -2.28. The van der Waals surface area contributed by atoms with Gasteiger partial charge in [-0.25, -0.2) is 14.6 Å². The number of rotatable bonds is 3. The van der Waals surface area contributed by atoms with Crippen LogP contribution in [0.25, 0.3) is 17.2 Å². The molecular formula is C19H20BrN5O. The number of nitrogens with zero attached hydrogens (tertiary/aromatic N) is 5. The van der Waals surface area contributed by atoms with E-state index in [9.17, 15) is 0 Å². The number of hydrogen-bond acceptors (Lipinski definition) is 5. The molecule has 6 nitrogen and oxygen atoms in total. The zero-order valence-electron chi connectivity index (χ0n) is 14.8. The summed E-state index contributed by atoms with van der Waals surface area (Å²) in [5.41, 5.74) is 3.00. The molecule has 1 fully saturated rings. The van der Waals surface area contributed by atoms with Crippen molar-refractivity contribution in [2.45, 2.75) is 13.8 Å². The van der Waals surface area contributed by atoms with E-state index in [4.69, 9.17) is 14.7 Å². The van der Waals surface area contributed by atoms with Gasteiger partial charge in [-0.3, -0.25) is 0 Å². The van der Waals surface area contributed by atoms with Crippen molar-refractivity contribution in [3.05, 3.63) is 52.3 Å². The fourth-order valence-electron chi connectivity index (χ4n) is 3.07. The molecule has 134 valence electrons. The second-order valence-corrected chi connectivity index (χ2v) is 7.27. The Morgan fingerprint density at radius 3 is 2.31 bits per heavy atom. The van der Waals surface area contributed by atoms with Crippen molar-refractivity contribution in [3.63, 3.8) is 0 Å². The third-order valence-electron chi connectivity index (χ3n) is 4.36. The van der Waals surface area contributed by atoms with Gasteiger partial charge in [-0.15, -0.1) is 0 Å². The van der Waals surface area contributed by atoms with E-state index in [0.717, 1.165) is 46.1 Å². The maximum Gasteiger partial charge on any atom is 0.163 e. The van der Waals surface area contributed by atoms with Crippen LogP contribution in [0.15, 0.2) is 40.9 Å². The Balaban J connectivity index is 1.83. The Morgan fingerprint density at radius 1 is 0.962 bits per heavy atom. The van der Waals surface area contributed by atoms with E-state index < -0.39 is 0 Å². The average molecular weight is 414 g/mol. The predicted octanol–water partition coefficient (Wildman–Crippen LogP) is 3.55. The number of anilines is 1. The maximum absolute atomic E-state index is 5.48. The minimum atomic E-state index is 0.698. The summed E-state index contributed by atoms with van der Waals surface area (Å²) in [6.07, 6.45) is 0. The van der Waals surface area contributed by atoms with Crippen LogP contribution in [0.3, 0.4) is 0 Å². The van der Waals surface area contributed by atoms with Gasteiger partial charge in [0.2, 0.25) is 0 Å². The first-order valence-electron chi connectivity index (χ1n) is 8.61. The summed E-state index contributed by atoms with van der Waals surface area (Å²) < 4.78 is 8.39. The molecular weight excluding hydrogens is 394 g/mol. The highest BCUT2D eigenvalue weighted by atomic mass is 79.9. The SMILES string of the molecule is Cc1cc(C)n(-c2cc(N3CCOCC3)nc(-c3ccc(Br)cc3)n2)n1. The van der Waals surface area contributed by atoms with E-state index in [1.807, 2.05) is 48.9 Å². The summed E-state index contributed by atoms with van der Waals surface area (Å²) >= 11 is 3.48. The van der Waals surface area contributed by atoms with Gasteiger partial charge in [-0.2, -0.15) is 5.10 Å². The zero-order valence-corrected chi connectivity index (χ0v) is 16.4. The van der Waals surface area contributed by atoms with Gasteiger partial charge < -0.3 is 9.64 Å². The van der Waals surface area contributed by atoms with Crippen molar-refractivity contribution in [2.75, 3.05) is 31.2 Å². The van der Waals surface area contributed by atoms with Gasteiger partial charge in [0.15, 0.2) is 11.6 Å².